The van der Waals surface area contributed by atoms with Crippen molar-refractivity contribution in [2.45, 2.75) is 40.2 Å². The van der Waals surface area contributed by atoms with Crippen LogP contribution < -0.4 is 10.1 Å². The van der Waals surface area contributed by atoms with Gasteiger partial charge in [-0.1, -0.05) is 26.8 Å². The maximum atomic E-state index is 13.9. The average Bonchev–Trinajstić information content (AvgIpc) is 2.28. The van der Waals surface area contributed by atoms with Crippen LogP contribution in [0.25, 0.3) is 0 Å². The van der Waals surface area contributed by atoms with Gasteiger partial charge in [-0.3, -0.25) is 0 Å². The third-order valence-corrected chi connectivity index (χ3v) is 2.91. The number of ether oxygens (including phenoxy) is 1. The third kappa shape index (κ3) is 4.30. The Hall–Kier alpha value is -1.09. The molecule has 0 amide bonds. The highest BCUT2D eigenvalue weighted by atomic mass is 19.1. The molecule has 102 valence electrons. The molecule has 1 rings (SSSR count). The molecular weight excluding hydrogens is 229 g/mol. The maximum absolute atomic E-state index is 13.9. The minimum Gasteiger partial charge on any atom is -0.493 e. The van der Waals surface area contributed by atoms with Crippen molar-refractivity contribution in [1.82, 2.24) is 5.32 Å². The average molecular weight is 253 g/mol. The number of rotatable bonds is 7. The molecule has 0 aliphatic carbocycles. The van der Waals surface area contributed by atoms with Crippen molar-refractivity contribution in [2.24, 2.45) is 5.92 Å². The van der Waals surface area contributed by atoms with Crippen molar-refractivity contribution in [3.05, 3.63) is 29.6 Å². The molecule has 2 nitrogen and oxygen atoms in total. The van der Waals surface area contributed by atoms with Crippen LogP contribution in [0.2, 0.25) is 0 Å². The Morgan fingerprint density at radius 2 is 2.00 bits per heavy atom. The summed E-state index contributed by atoms with van der Waals surface area (Å²) >= 11 is 0. The summed E-state index contributed by atoms with van der Waals surface area (Å²) in [4.78, 5) is 0. The smallest absolute Gasteiger partial charge is 0.131 e. The first-order valence-corrected chi connectivity index (χ1v) is 6.70. The zero-order valence-corrected chi connectivity index (χ0v) is 11.8. The van der Waals surface area contributed by atoms with Crippen LogP contribution in [0.4, 0.5) is 4.39 Å². The van der Waals surface area contributed by atoms with Gasteiger partial charge in [0.1, 0.15) is 11.6 Å². The molecule has 0 saturated heterocycles. The van der Waals surface area contributed by atoms with E-state index in [1.807, 2.05) is 19.9 Å². The van der Waals surface area contributed by atoms with E-state index in [4.69, 9.17) is 4.74 Å². The lowest BCUT2D eigenvalue weighted by Crippen LogP contribution is -2.20. The van der Waals surface area contributed by atoms with E-state index in [0.717, 1.165) is 13.0 Å². The Labute approximate surface area is 110 Å². The fraction of sp³-hybridized carbons (Fsp3) is 0.600. The summed E-state index contributed by atoms with van der Waals surface area (Å²) in [6, 6.07) is 4.98. The van der Waals surface area contributed by atoms with Gasteiger partial charge in [0.05, 0.1) is 6.61 Å². The first kappa shape index (κ1) is 15.0. The van der Waals surface area contributed by atoms with Crippen molar-refractivity contribution >= 4 is 0 Å². The predicted molar refractivity (Wildman–Crippen MR) is 73.4 cm³/mol. The van der Waals surface area contributed by atoms with Gasteiger partial charge in [-0.05, 0) is 37.9 Å². The van der Waals surface area contributed by atoms with Gasteiger partial charge in [-0.15, -0.1) is 0 Å². The highest BCUT2D eigenvalue weighted by Gasteiger charge is 2.15. The molecule has 1 aromatic rings. The molecule has 1 aromatic carbocycles. The first-order chi connectivity index (χ1) is 8.56. The van der Waals surface area contributed by atoms with Crippen LogP contribution in [0, 0.1) is 11.7 Å². The summed E-state index contributed by atoms with van der Waals surface area (Å²) in [6.45, 7) is 9.70. The van der Waals surface area contributed by atoms with Crippen molar-refractivity contribution in [3.63, 3.8) is 0 Å². The first-order valence-electron chi connectivity index (χ1n) is 6.70. The molecular formula is C15H24FNO. The molecule has 0 radical (unpaired) electrons. The molecule has 1 unspecified atom stereocenters. The monoisotopic (exact) mass is 253 g/mol. The molecule has 0 saturated carbocycles. The second-order valence-corrected chi connectivity index (χ2v) is 4.96. The highest BCUT2D eigenvalue weighted by molar-refractivity contribution is 5.37. The molecule has 0 aliphatic rings. The Kier molecular flexibility index (Phi) is 6.13. The fourth-order valence-electron chi connectivity index (χ4n) is 1.88. The van der Waals surface area contributed by atoms with Crippen LogP contribution in [0.1, 0.15) is 45.7 Å². The van der Waals surface area contributed by atoms with Crippen LogP contribution in [-0.2, 0) is 0 Å². The SMILES string of the molecule is CCNC(C)c1c(F)cccc1OCCC(C)C. The summed E-state index contributed by atoms with van der Waals surface area (Å²) in [5.74, 6) is 1.04. The molecule has 18 heavy (non-hydrogen) atoms. The summed E-state index contributed by atoms with van der Waals surface area (Å²) in [5.41, 5.74) is 0.628. The molecule has 0 fully saturated rings. The molecule has 1 N–H and O–H groups in total. The van der Waals surface area contributed by atoms with E-state index in [1.165, 1.54) is 6.07 Å². The Bertz CT molecular complexity index is 366. The fourth-order valence-corrected chi connectivity index (χ4v) is 1.88. The number of benzene rings is 1. The van der Waals surface area contributed by atoms with Crippen molar-refractivity contribution in [3.8, 4) is 5.75 Å². The van der Waals surface area contributed by atoms with E-state index >= 15 is 0 Å². The number of halogens is 1. The third-order valence-electron chi connectivity index (χ3n) is 2.91. The Balaban J connectivity index is 2.79. The molecule has 0 heterocycles. The predicted octanol–water partition coefficient (Wildman–Crippen LogP) is 3.92. The van der Waals surface area contributed by atoms with Crippen LogP contribution in [0.3, 0.4) is 0 Å². The largest absolute Gasteiger partial charge is 0.493 e. The minimum absolute atomic E-state index is 0.0368. The molecule has 3 heteroatoms. The highest BCUT2D eigenvalue weighted by Crippen LogP contribution is 2.28. The van der Waals surface area contributed by atoms with Gasteiger partial charge in [-0.25, -0.2) is 4.39 Å². The van der Waals surface area contributed by atoms with Gasteiger partial charge in [0.2, 0.25) is 0 Å². The molecule has 0 bridgehead atoms. The van der Waals surface area contributed by atoms with Gasteiger partial charge in [0.15, 0.2) is 0 Å². The minimum atomic E-state index is -0.203. The van der Waals surface area contributed by atoms with E-state index in [-0.39, 0.29) is 11.9 Å². The van der Waals surface area contributed by atoms with E-state index in [2.05, 4.69) is 19.2 Å². The second kappa shape index (κ2) is 7.37. The van der Waals surface area contributed by atoms with Gasteiger partial charge in [-0.2, -0.15) is 0 Å². The number of nitrogens with one attached hydrogen (secondary N) is 1. The quantitative estimate of drug-likeness (QED) is 0.795. The summed E-state index contributed by atoms with van der Waals surface area (Å²) in [6.07, 6.45) is 0.978. The zero-order chi connectivity index (χ0) is 13.5. The van der Waals surface area contributed by atoms with Crippen LogP contribution in [-0.4, -0.2) is 13.2 Å². The Morgan fingerprint density at radius 3 is 2.61 bits per heavy atom. The van der Waals surface area contributed by atoms with E-state index in [1.54, 1.807) is 6.07 Å². The van der Waals surface area contributed by atoms with Crippen LogP contribution >= 0.6 is 0 Å². The van der Waals surface area contributed by atoms with Crippen molar-refractivity contribution < 1.29 is 9.13 Å². The number of hydrogen-bond donors (Lipinski definition) is 1. The number of hydrogen-bond acceptors (Lipinski definition) is 2. The van der Waals surface area contributed by atoms with Crippen LogP contribution in [0.5, 0.6) is 5.75 Å². The topological polar surface area (TPSA) is 21.3 Å². The summed E-state index contributed by atoms with van der Waals surface area (Å²) in [5, 5.41) is 3.22. The maximum Gasteiger partial charge on any atom is 0.131 e. The molecule has 0 spiro atoms. The molecule has 0 aromatic heterocycles. The standard InChI is InChI=1S/C15H24FNO/c1-5-17-12(4)15-13(16)7-6-8-14(15)18-10-9-11(2)3/h6-8,11-12,17H,5,9-10H2,1-4H3. The van der Waals surface area contributed by atoms with E-state index in [9.17, 15) is 4.39 Å². The lowest BCUT2D eigenvalue weighted by atomic mass is 10.1. The van der Waals surface area contributed by atoms with Crippen LogP contribution in [0.15, 0.2) is 18.2 Å². The van der Waals surface area contributed by atoms with Gasteiger partial charge in [0, 0.05) is 11.6 Å². The lowest BCUT2D eigenvalue weighted by Gasteiger charge is -2.18. The normalized spacial score (nSPS) is 12.8. The van der Waals surface area contributed by atoms with E-state index < -0.39 is 0 Å². The Morgan fingerprint density at radius 1 is 1.28 bits per heavy atom. The van der Waals surface area contributed by atoms with Crippen molar-refractivity contribution in [2.75, 3.05) is 13.2 Å². The summed E-state index contributed by atoms with van der Waals surface area (Å²) < 4.78 is 19.6. The molecule has 1 atom stereocenters. The van der Waals surface area contributed by atoms with Gasteiger partial charge >= 0.3 is 0 Å². The summed E-state index contributed by atoms with van der Waals surface area (Å²) in [7, 11) is 0. The van der Waals surface area contributed by atoms with Gasteiger partial charge < -0.3 is 10.1 Å². The van der Waals surface area contributed by atoms with E-state index in [0.29, 0.717) is 23.8 Å². The molecule has 0 aliphatic heterocycles. The zero-order valence-electron chi connectivity index (χ0n) is 11.8. The van der Waals surface area contributed by atoms with Gasteiger partial charge in [0.25, 0.3) is 0 Å². The lowest BCUT2D eigenvalue weighted by molar-refractivity contribution is 0.282. The second-order valence-electron chi connectivity index (χ2n) is 4.96. The van der Waals surface area contributed by atoms with Crippen molar-refractivity contribution in [1.29, 1.82) is 0 Å².